The van der Waals surface area contributed by atoms with Crippen molar-refractivity contribution in [1.29, 1.82) is 0 Å². The van der Waals surface area contributed by atoms with E-state index in [1.54, 1.807) is 6.07 Å². The summed E-state index contributed by atoms with van der Waals surface area (Å²) in [5, 5.41) is 9.29. The predicted octanol–water partition coefficient (Wildman–Crippen LogP) is 0.888. The number of carboxylic acid groups (broad SMARTS) is 1. The highest BCUT2D eigenvalue weighted by Crippen LogP contribution is 2.38. The van der Waals surface area contributed by atoms with Gasteiger partial charge in [-0.05, 0) is 18.9 Å². The van der Waals surface area contributed by atoms with Gasteiger partial charge in [-0.3, -0.25) is 9.59 Å². The standard InChI is InChI=1S/C18H24N2O6S/c1-12-14-5-3-4-6-15(14)26-17(12)18(23)20(11-16(21)22)13-7-9-19(10-8-13)27(2,24)25/h3-6,12-13,17H,7-11H2,1-2H3,(H,21,22)/t12-,17+/m1/s1. The molecule has 1 fully saturated rings. The minimum atomic E-state index is -3.29. The normalized spacial score (nSPS) is 23.5. The Kier molecular flexibility index (Phi) is 5.43. The van der Waals surface area contributed by atoms with Crippen LogP contribution >= 0.6 is 0 Å². The lowest BCUT2D eigenvalue weighted by Gasteiger charge is -2.38. The molecule has 1 amide bonds. The van der Waals surface area contributed by atoms with E-state index in [-0.39, 0.29) is 31.0 Å². The van der Waals surface area contributed by atoms with Gasteiger partial charge in [-0.25, -0.2) is 12.7 Å². The zero-order valence-electron chi connectivity index (χ0n) is 15.4. The summed E-state index contributed by atoms with van der Waals surface area (Å²) in [7, 11) is -3.29. The van der Waals surface area contributed by atoms with Crippen molar-refractivity contribution in [2.24, 2.45) is 0 Å². The third-order valence-electron chi connectivity index (χ3n) is 5.28. The van der Waals surface area contributed by atoms with Crippen LogP contribution in [0.15, 0.2) is 24.3 Å². The number of ether oxygens (including phenoxy) is 1. The molecule has 0 bridgehead atoms. The maximum Gasteiger partial charge on any atom is 0.323 e. The second kappa shape index (κ2) is 7.47. The lowest BCUT2D eigenvalue weighted by molar-refractivity contribution is -0.150. The molecule has 2 atom stereocenters. The molecule has 0 saturated carbocycles. The number of aliphatic carboxylic acids is 1. The number of carboxylic acids is 1. The molecule has 1 saturated heterocycles. The highest BCUT2D eigenvalue weighted by atomic mass is 32.2. The Balaban J connectivity index is 1.76. The molecule has 8 nitrogen and oxygen atoms in total. The van der Waals surface area contributed by atoms with Gasteiger partial charge in [0.25, 0.3) is 5.91 Å². The van der Waals surface area contributed by atoms with Gasteiger partial charge in [-0.2, -0.15) is 0 Å². The summed E-state index contributed by atoms with van der Waals surface area (Å²) in [6.07, 6.45) is 1.19. The van der Waals surface area contributed by atoms with Crippen molar-refractivity contribution in [2.45, 2.75) is 37.8 Å². The molecule has 9 heteroatoms. The van der Waals surface area contributed by atoms with E-state index in [4.69, 9.17) is 4.74 Å². The summed E-state index contributed by atoms with van der Waals surface area (Å²) in [4.78, 5) is 25.8. The summed E-state index contributed by atoms with van der Waals surface area (Å²) < 4.78 is 30.5. The summed E-state index contributed by atoms with van der Waals surface area (Å²) in [6.45, 7) is 2.01. The van der Waals surface area contributed by atoms with Gasteiger partial charge in [-0.1, -0.05) is 25.1 Å². The largest absolute Gasteiger partial charge is 0.480 e. The number of rotatable bonds is 5. The number of piperidine rings is 1. The quantitative estimate of drug-likeness (QED) is 0.793. The molecular weight excluding hydrogens is 372 g/mol. The van der Waals surface area contributed by atoms with Gasteiger partial charge in [0.15, 0.2) is 6.10 Å². The van der Waals surface area contributed by atoms with E-state index in [9.17, 15) is 23.1 Å². The Bertz CT molecular complexity index is 832. The van der Waals surface area contributed by atoms with Crippen molar-refractivity contribution >= 4 is 21.9 Å². The number of fused-ring (bicyclic) bond motifs is 1. The minimum Gasteiger partial charge on any atom is -0.480 e. The monoisotopic (exact) mass is 396 g/mol. The Labute approximate surface area is 158 Å². The number of carbonyl (C=O) groups is 2. The molecule has 0 unspecified atom stereocenters. The molecule has 0 radical (unpaired) electrons. The summed E-state index contributed by atoms with van der Waals surface area (Å²) in [6, 6.07) is 7.08. The number of para-hydroxylation sites is 1. The lowest BCUT2D eigenvalue weighted by atomic mass is 9.95. The van der Waals surface area contributed by atoms with Crippen LogP contribution in [0.3, 0.4) is 0 Å². The van der Waals surface area contributed by atoms with Crippen LogP contribution in [0.25, 0.3) is 0 Å². The van der Waals surface area contributed by atoms with Crippen LogP contribution in [0.1, 0.15) is 31.2 Å². The fourth-order valence-electron chi connectivity index (χ4n) is 3.81. The molecule has 0 aliphatic carbocycles. The number of nitrogens with zero attached hydrogens (tertiary/aromatic N) is 2. The second-order valence-electron chi connectivity index (χ2n) is 7.12. The zero-order valence-corrected chi connectivity index (χ0v) is 16.2. The maximum absolute atomic E-state index is 13.1. The van der Waals surface area contributed by atoms with Crippen LogP contribution in [0.4, 0.5) is 0 Å². The summed E-state index contributed by atoms with van der Waals surface area (Å²) in [5.74, 6) is -0.998. The first-order valence-corrected chi connectivity index (χ1v) is 10.8. The molecule has 1 aromatic rings. The van der Waals surface area contributed by atoms with Crippen LogP contribution in [-0.2, 0) is 19.6 Å². The van der Waals surface area contributed by atoms with E-state index in [0.29, 0.717) is 18.6 Å². The van der Waals surface area contributed by atoms with Gasteiger partial charge in [0, 0.05) is 30.6 Å². The number of benzene rings is 1. The highest BCUT2D eigenvalue weighted by Gasteiger charge is 2.41. The fraction of sp³-hybridized carbons (Fsp3) is 0.556. The lowest BCUT2D eigenvalue weighted by Crippen LogP contribution is -2.53. The third kappa shape index (κ3) is 4.08. The first-order valence-electron chi connectivity index (χ1n) is 8.91. The molecule has 27 heavy (non-hydrogen) atoms. The van der Waals surface area contributed by atoms with Crippen LogP contribution in [0, 0.1) is 0 Å². The van der Waals surface area contributed by atoms with Crippen molar-refractivity contribution in [3.63, 3.8) is 0 Å². The number of amides is 1. The van der Waals surface area contributed by atoms with Gasteiger partial charge in [-0.15, -0.1) is 0 Å². The van der Waals surface area contributed by atoms with Gasteiger partial charge < -0.3 is 14.7 Å². The van der Waals surface area contributed by atoms with E-state index in [2.05, 4.69) is 0 Å². The van der Waals surface area contributed by atoms with Gasteiger partial charge in [0.1, 0.15) is 12.3 Å². The molecule has 2 aliphatic rings. The summed E-state index contributed by atoms with van der Waals surface area (Å²) in [5.41, 5.74) is 0.929. The van der Waals surface area contributed by atoms with E-state index in [1.165, 1.54) is 9.21 Å². The number of hydrogen-bond acceptors (Lipinski definition) is 5. The second-order valence-corrected chi connectivity index (χ2v) is 9.10. The van der Waals surface area contributed by atoms with E-state index >= 15 is 0 Å². The molecule has 0 aromatic heterocycles. The van der Waals surface area contributed by atoms with Crippen molar-refractivity contribution in [3.8, 4) is 5.75 Å². The Morgan fingerprint density at radius 1 is 1.26 bits per heavy atom. The Morgan fingerprint density at radius 2 is 1.89 bits per heavy atom. The van der Waals surface area contributed by atoms with E-state index in [1.807, 2.05) is 25.1 Å². The third-order valence-corrected chi connectivity index (χ3v) is 6.59. The van der Waals surface area contributed by atoms with Crippen molar-refractivity contribution in [2.75, 3.05) is 25.9 Å². The molecule has 2 aliphatic heterocycles. The number of carbonyl (C=O) groups excluding carboxylic acids is 1. The molecular formula is C18H24N2O6S. The van der Waals surface area contributed by atoms with Crippen LogP contribution < -0.4 is 4.74 Å². The molecule has 2 heterocycles. The fourth-order valence-corrected chi connectivity index (χ4v) is 4.69. The van der Waals surface area contributed by atoms with Gasteiger partial charge in [0.05, 0.1) is 6.26 Å². The first-order chi connectivity index (χ1) is 12.7. The van der Waals surface area contributed by atoms with E-state index < -0.39 is 28.6 Å². The molecule has 3 rings (SSSR count). The van der Waals surface area contributed by atoms with E-state index in [0.717, 1.165) is 11.8 Å². The maximum atomic E-state index is 13.1. The van der Waals surface area contributed by atoms with Crippen LogP contribution in [0.5, 0.6) is 5.75 Å². The molecule has 0 spiro atoms. The van der Waals surface area contributed by atoms with Gasteiger partial charge >= 0.3 is 5.97 Å². The number of sulfonamides is 1. The summed E-state index contributed by atoms with van der Waals surface area (Å²) >= 11 is 0. The first kappa shape index (κ1) is 19.6. The SMILES string of the molecule is C[C@@H]1c2ccccc2O[C@@H]1C(=O)N(CC(=O)O)C1CCN(S(C)(=O)=O)CC1. The smallest absolute Gasteiger partial charge is 0.323 e. The highest BCUT2D eigenvalue weighted by molar-refractivity contribution is 7.88. The predicted molar refractivity (Wildman–Crippen MR) is 98.1 cm³/mol. The Hall–Kier alpha value is -2.13. The van der Waals surface area contributed by atoms with Crippen molar-refractivity contribution in [3.05, 3.63) is 29.8 Å². The average molecular weight is 396 g/mol. The molecule has 148 valence electrons. The van der Waals surface area contributed by atoms with Gasteiger partial charge in [0.2, 0.25) is 10.0 Å². The topological polar surface area (TPSA) is 104 Å². The van der Waals surface area contributed by atoms with Crippen LogP contribution in [-0.4, -0.2) is 72.6 Å². The average Bonchev–Trinajstić information content (AvgIpc) is 2.95. The van der Waals surface area contributed by atoms with Crippen LogP contribution in [0.2, 0.25) is 0 Å². The van der Waals surface area contributed by atoms with Crippen molar-refractivity contribution in [1.82, 2.24) is 9.21 Å². The zero-order chi connectivity index (χ0) is 19.8. The number of hydrogen-bond donors (Lipinski definition) is 1. The molecule has 1 N–H and O–H groups in total. The Morgan fingerprint density at radius 3 is 2.44 bits per heavy atom. The molecule has 1 aromatic carbocycles. The van der Waals surface area contributed by atoms with Crippen molar-refractivity contribution < 1.29 is 27.9 Å². The minimum absolute atomic E-state index is 0.180.